The van der Waals surface area contributed by atoms with E-state index in [9.17, 15) is 5.11 Å². The fourth-order valence-corrected chi connectivity index (χ4v) is 1.98. The van der Waals surface area contributed by atoms with Gasteiger partial charge in [0, 0.05) is 24.8 Å². The van der Waals surface area contributed by atoms with Gasteiger partial charge in [-0.05, 0) is 25.5 Å². The second-order valence-corrected chi connectivity index (χ2v) is 4.04. The van der Waals surface area contributed by atoms with Crippen molar-refractivity contribution in [3.05, 3.63) is 18.2 Å². The molecule has 1 heterocycles. The van der Waals surface area contributed by atoms with Gasteiger partial charge in [0.15, 0.2) is 0 Å². The first kappa shape index (κ1) is 11.1. The van der Waals surface area contributed by atoms with Crippen molar-refractivity contribution >= 4 is 11.4 Å². The highest BCUT2D eigenvalue weighted by Crippen LogP contribution is 2.29. The number of aliphatic hydroxyl groups excluding tert-OH is 1. The molecule has 2 rings (SSSR count). The number of nitrogens with zero attached hydrogens (tertiary/aromatic N) is 1. The molecular formula is C12H18N2O2. The van der Waals surface area contributed by atoms with Gasteiger partial charge < -0.3 is 20.5 Å². The van der Waals surface area contributed by atoms with Crippen molar-refractivity contribution in [1.29, 1.82) is 0 Å². The first-order valence-corrected chi connectivity index (χ1v) is 5.66. The number of nitrogens with two attached hydrogens (primary N) is 1. The van der Waals surface area contributed by atoms with Crippen LogP contribution >= 0.6 is 0 Å². The number of anilines is 2. The molecule has 1 aromatic rings. The summed E-state index contributed by atoms with van der Waals surface area (Å²) in [4.78, 5) is 2.15. The van der Waals surface area contributed by atoms with Crippen molar-refractivity contribution in [2.75, 3.05) is 30.3 Å². The monoisotopic (exact) mass is 222 g/mol. The van der Waals surface area contributed by atoms with Gasteiger partial charge in [0.1, 0.15) is 5.75 Å². The maximum absolute atomic E-state index is 9.49. The first-order valence-electron chi connectivity index (χ1n) is 5.66. The van der Waals surface area contributed by atoms with E-state index in [1.165, 1.54) is 0 Å². The van der Waals surface area contributed by atoms with Gasteiger partial charge in [0.25, 0.3) is 0 Å². The van der Waals surface area contributed by atoms with Gasteiger partial charge in [-0.3, -0.25) is 0 Å². The summed E-state index contributed by atoms with van der Waals surface area (Å²) in [6, 6.07) is 5.76. The smallest absolute Gasteiger partial charge is 0.144 e. The number of benzene rings is 1. The van der Waals surface area contributed by atoms with E-state index < -0.39 is 0 Å². The minimum atomic E-state index is -0.215. The Morgan fingerprint density at radius 3 is 3.00 bits per heavy atom. The second-order valence-electron chi connectivity index (χ2n) is 4.04. The van der Waals surface area contributed by atoms with Crippen LogP contribution in [0.25, 0.3) is 0 Å². The lowest BCUT2D eigenvalue weighted by molar-refractivity contribution is 0.198. The number of hydrogen-bond donors (Lipinski definition) is 2. The number of nitrogen functional groups attached to an aromatic ring is 1. The third-order valence-electron chi connectivity index (χ3n) is 2.83. The number of hydrogen-bond acceptors (Lipinski definition) is 4. The zero-order valence-corrected chi connectivity index (χ0v) is 9.52. The van der Waals surface area contributed by atoms with E-state index in [1.54, 1.807) is 0 Å². The normalized spacial score (nSPS) is 20.1. The van der Waals surface area contributed by atoms with Gasteiger partial charge in [-0.2, -0.15) is 0 Å². The Kier molecular flexibility index (Phi) is 3.19. The van der Waals surface area contributed by atoms with Crippen LogP contribution in [0.3, 0.4) is 0 Å². The van der Waals surface area contributed by atoms with Gasteiger partial charge in [-0.25, -0.2) is 0 Å². The van der Waals surface area contributed by atoms with E-state index >= 15 is 0 Å². The maximum atomic E-state index is 9.49. The molecule has 1 atom stereocenters. The summed E-state index contributed by atoms with van der Waals surface area (Å²) in [5.41, 5.74) is 7.53. The van der Waals surface area contributed by atoms with Crippen molar-refractivity contribution in [3.63, 3.8) is 0 Å². The van der Waals surface area contributed by atoms with Crippen LogP contribution in [0.5, 0.6) is 5.75 Å². The SMILES string of the molecule is CCOc1cc(N2CCC(O)C2)ccc1N. The van der Waals surface area contributed by atoms with Crippen LogP contribution in [0.4, 0.5) is 11.4 Å². The quantitative estimate of drug-likeness (QED) is 0.755. The van der Waals surface area contributed by atoms with Crippen molar-refractivity contribution in [2.24, 2.45) is 0 Å². The molecule has 0 bridgehead atoms. The molecule has 4 heteroatoms. The molecule has 1 aromatic carbocycles. The Hall–Kier alpha value is -1.42. The molecule has 0 aromatic heterocycles. The van der Waals surface area contributed by atoms with Crippen LogP contribution < -0.4 is 15.4 Å². The molecular weight excluding hydrogens is 204 g/mol. The average Bonchev–Trinajstić information content (AvgIpc) is 2.69. The summed E-state index contributed by atoms with van der Waals surface area (Å²) in [6.45, 7) is 4.12. The molecule has 4 nitrogen and oxygen atoms in total. The van der Waals surface area contributed by atoms with E-state index in [0.29, 0.717) is 18.8 Å². The van der Waals surface area contributed by atoms with Crippen LogP contribution in [0.15, 0.2) is 18.2 Å². The molecule has 1 aliphatic rings. The standard InChI is InChI=1S/C12H18N2O2/c1-2-16-12-7-9(3-4-11(12)13)14-6-5-10(15)8-14/h3-4,7,10,15H,2,5-6,8,13H2,1H3. The summed E-state index contributed by atoms with van der Waals surface area (Å²) < 4.78 is 5.45. The van der Waals surface area contributed by atoms with Crippen LogP contribution in [-0.2, 0) is 0 Å². The van der Waals surface area contributed by atoms with E-state index in [2.05, 4.69) is 4.90 Å². The second kappa shape index (κ2) is 4.61. The number of aliphatic hydroxyl groups is 1. The van der Waals surface area contributed by atoms with E-state index in [4.69, 9.17) is 10.5 Å². The number of β-amino-alcohol motifs (C(OH)–C–C–N with tert-alkyl or cyclic N) is 1. The zero-order chi connectivity index (χ0) is 11.5. The van der Waals surface area contributed by atoms with Crippen LogP contribution in [0.2, 0.25) is 0 Å². The highest BCUT2D eigenvalue weighted by atomic mass is 16.5. The Bertz CT molecular complexity index is 368. The van der Waals surface area contributed by atoms with Crippen LogP contribution in [-0.4, -0.2) is 30.9 Å². The van der Waals surface area contributed by atoms with E-state index in [-0.39, 0.29) is 6.10 Å². The molecule has 0 spiro atoms. The number of rotatable bonds is 3. The Morgan fingerprint density at radius 1 is 1.56 bits per heavy atom. The predicted molar refractivity (Wildman–Crippen MR) is 64.9 cm³/mol. The third kappa shape index (κ3) is 2.22. The molecule has 0 aliphatic carbocycles. The molecule has 1 fully saturated rings. The van der Waals surface area contributed by atoms with Crippen LogP contribution in [0, 0.1) is 0 Å². The van der Waals surface area contributed by atoms with Crippen LogP contribution in [0.1, 0.15) is 13.3 Å². The molecule has 88 valence electrons. The predicted octanol–water partition coefficient (Wildman–Crippen LogP) is 1.24. The van der Waals surface area contributed by atoms with Crippen molar-refractivity contribution in [3.8, 4) is 5.75 Å². The minimum Gasteiger partial charge on any atom is -0.492 e. The van der Waals surface area contributed by atoms with Crippen molar-refractivity contribution in [2.45, 2.75) is 19.4 Å². The summed E-state index contributed by atoms with van der Waals surface area (Å²) in [5.74, 6) is 0.724. The fraction of sp³-hybridized carbons (Fsp3) is 0.500. The van der Waals surface area contributed by atoms with E-state index in [1.807, 2.05) is 25.1 Å². The third-order valence-corrected chi connectivity index (χ3v) is 2.83. The average molecular weight is 222 g/mol. The van der Waals surface area contributed by atoms with Gasteiger partial charge in [0.2, 0.25) is 0 Å². The topological polar surface area (TPSA) is 58.7 Å². The zero-order valence-electron chi connectivity index (χ0n) is 9.52. The molecule has 0 saturated carbocycles. The van der Waals surface area contributed by atoms with Gasteiger partial charge in [-0.15, -0.1) is 0 Å². The molecule has 1 aliphatic heterocycles. The lowest BCUT2D eigenvalue weighted by Crippen LogP contribution is -2.21. The summed E-state index contributed by atoms with van der Waals surface area (Å²) in [6.07, 6.45) is 0.613. The van der Waals surface area contributed by atoms with Gasteiger partial charge in [0.05, 0.1) is 18.4 Å². The fourth-order valence-electron chi connectivity index (χ4n) is 1.98. The highest BCUT2D eigenvalue weighted by Gasteiger charge is 2.20. The van der Waals surface area contributed by atoms with Crippen molar-refractivity contribution < 1.29 is 9.84 Å². The largest absolute Gasteiger partial charge is 0.492 e. The maximum Gasteiger partial charge on any atom is 0.144 e. The van der Waals surface area contributed by atoms with E-state index in [0.717, 1.165) is 24.4 Å². The molecule has 3 N–H and O–H groups in total. The molecule has 0 radical (unpaired) electrons. The molecule has 1 unspecified atom stereocenters. The molecule has 0 amide bonds. The summed E-state index contributed by atoms with van der Waals surface area (Å²) in [7, 11) is 0. The van der Waals surface area contributed by atoms with Gasteiger partial charge >= 0.3 is 0 Å². The Morgan fingerprint density at radius 2 is 2.38 bits per heavy atom. The lowest BCUT2D eigenvalue weighted by atomic mass is 10.2. The van der Waals surface area contributed by atoms with Gasteiger partial charge in [-0.1, -0.05) is 0 Å². The molecule has 1 saturated heterocycles. The lowest BCUT2D eigenvalue weighted by Gasteiger charge is -2.19. The molecule has 16 heavy (non-hydrogen) atoms. The first-order chi connectivity index (χ1) is 7.70. The minimum absolute atomic E-state index is 0.215. The van der Waals surface area contributed by atoms with Crippen molar-refractivity contribution in [1.82, 2.24) is 0 Å². The Labute approximate surface area is 95.6 Å². The highest BCUT2D eigenvalue weighted by molar-refractivity contribution is 5.62. The summed E-state index contributed by atoms with van der Waals surface area (Å²) in [5, 5.41) is 9.49. The summed E-state index contributed by atoms with van der Waals surface area (Å²) >= 11 is 0. The Balaban J connectivity index is 2.18. The number of ether oxygens (including phenoxy) is 1.